The summed E-state index contributed by atoms with van der Waals surface area (Å²) in [6, 6.07) is 0. The molecule has 406 valence electrons. The number of carbonyl (C=O) groups is 4. The molecule has 1 aliphatic heterocycles. The van der Waals surface area contributed by atoms with E-state index in [9.17, 15) is 34.5 Å². The average Bonchev–Trinajstić information content (AvgIpc) is 3.35. The van der Waals surface area contributed by atoms with Crippen LogP contribution in [-0.4, -0.2) is 89.2 Å². The number of hydrogen-bond donors (Lipinski definition) is 3. The lowest BCUT2D eigenvalue weighted by Gasteiger charge is -2.40. The van der Waals surface area contributed by atoms with Crippen molar-refractivity contribution in [3.8, 4) is 0 Å². The van der Waals surface area contributed by atoms with Gasteiger partial charge in [0.15, 0.2) is 24.6 Å². The Labute approximate surface area is 429 Å². The Morgan fingerprint density at radius 2 is 0.887 bits per heavy atom. The monoisotopic (exact) mass is 999 g/mol. The number of aliphatic carboxylic acids is 1. The second-order valence-corrected chi connectivity index (χ2v) is 18.8. The number of rotatable bonds is 46. The number of esters is 3. The van der Waals surface area contributed by atoms with Gasteiger partial charge >= 0.3 is 23.9 Å². The Bertz CT molecular complexity index is 1510. The number of aliphatic hydroxyl groups is 2. The van der Waals surface area contributed by atoms with Gasteiger partial charge in [0.1, 0.15) is 18.8 Å². The fraction of sp³-hybridized carbons (Fsp3) is 0.729. The second kappa shape index (κ2) is 47.2. The van der Waals surface area contributed by atoms with Crippen molar-refractivity contribution >= 4 is 23.9 Å². The van der Waals surface area contributed by atoms with Crippen LogP contribution in [0.4, 0.5) is 0 Å². The van der Waals surface area contributed by atoms with E-state index in [1.54, 1.807) is 0 Å². The molecule has 0 aromatic heterocycles. The van der Waals surface area contributed by atoms with E-state index in [2.05, 4.69) is 93.7 Å². The van der Waals surface area contributed by atoms with Gasteiger partial charge in [0.05, 0.1) is 6.61 Å². The van der Waals surface area contributed by atoms with E-state index in [-0.39, 0.29) is 25.9 Å². The molecule has 1 saturated heterocycles. The van der Waals surface area contributed by atoms with E-state index >= 15 is 0 Å². The van der Waals surface area contributed by atoms with Crippen LogP contribution in [-0.2, 0) is 42.9 Å². The molecular formula is C59H98O12. The molecule has 3 N–H and O–H groups in total. The van der Waals surface area contributed by atoms with E-state index < -0.39 is 67.3 Å². The summed E-state index contributed by atoms with van der Waals surface area (Å²) in [5.41, 5.74) is 0. The van der Waals surface area contributed by atoms with Crippen LogP contribution in [0, 0.1) is 0 Å². The molecule has 12 nitrogen and oxygen atoms in total. The first-order valence-corrected chi connectivity index (χ1v) is 27.9. The maximum absolute atomic E-state index is 13.1. The minimum Gasteiger partial charge on any atom is -0.479 e. The molecule has 0 bridgehead atoms. The minimum absolute atomic E-state index is 0.0225. The molecule has 0 amide bonds. The number of carbonyl (C=O) groups excluding carboxylic acids is 3. The first kappa shape index (κ1) is 65.2. The SMILES string of the molecule is CC/C=C\C/C=C\C/C=C\CCCCCCCC(=O)OCC(COC1OC(C(=O)O)C(O)C(O)C1OC(=O)CCCCC/C=C\C/C=C\C/C=C\CC)OC(=O)CCCCCCCCCCCCCCC. The lowest BCUT2D eigenvalue weighted by Crippen LogP contribution is -2.61. The molecule has 0 aromatic rings. The average molecular weight is 999 g/mol. The zero-order valence-corrected chi connectivity index (χ0v) is 44.4. The third-order valence-electron chi connectivity index (χ3n) is 12.3. The van der Waals surface area contributed by atoms with Crippen molar-refractivity contribution in [3.63, 3.8) is 0 Å². The fourth-order valence-corrected chi connectivity index (χ4v) is 8.04. The van der Waals surface area contributed by atoms with Gasteiger partial charge in [-0.1, -0.05) is 196 Å². The number of ether oxygens (including phenoxy) is 5. The van der Waals surface area contributed by atoms with Crippen molar-refractivity contribution in [3.05, 3.63) is 72.9 Å². The van der Waals surface area contributed by atoms with Crippen molar-refractivity contribution in [2.24, 2.45) is 0 Å². The normalized spacial score (nSPS) is 19.0. The van der Waals surface area contributed by atoms with Gasteiger partial charge in [-0.2, -0.15) is 0 Å². The number of hydrogen-bond acceptors (Lipinski definition) is 11. The molecule has 1 heterocycles. The van der Waals surface area contributed by atoms with Crippen LogP contribution >= 0.6 is 0 Å². The second-order valence-electron chi connectivity index (χ2n) is 18.8. The molecule has 71 heavy (non-hydrogen) atoms. The largest absolute Gasteiger partial charge is 0.479 e. The van der Waals surface area contributed by atoms with Gasteiger partial charge in [0.25, 0.3) is 0 Å². The highest BCUT2D eigenvalue weighted by Crippen LogP contribution is 2.26. The quantitative estimate of drug-likeness (QED) is 0.0228. The van der Waals surface area contributed by atoms with Crippen molar-refractivity contribution < 1.29 is 58.2 Å². The van der Waals surface area contributed by atoms with Crippen LogP contribution in [0.5, 0.6) is 0 Å². The van der Waals surface area contributed by atoms with Gasteiger partial charge in [-0.05, 0) is 83.5 Å². The van der Waals surface area contributed by atoms with Gasteiger partial charge in [-0.25, -0.2) is 4.79 Å². The minimum atomic E-state index is -1.91. The van der Waals surface area contributed by atoms with Crippen LogP contribution in [0.2, 0.25) is 0 Å². The summed E-state index contributed by atoms with van der Waals surface area (Å²) < 4.78 is 28.3. The molecule has 1 rings (SSSR count). The van der Waals surface area contributed by atoms with Crippen molar-refractivity contribution in [1.82, 2.24) is 0 Å². The van der Waals surface area contributed by atoms with Crippen LogP contribution in [0.25, 0.3) is 0 Å². The molecule has 6 unspecified atom stereocenters. The van der Waals surface area contributed by atoms with E-state index in [4.69, 9.17) is 23.7 Å². The topological polar surface area (TPSA) is 175 Å². The Balaban J connectivity index is 2.74. The highest BCUT2D eigenvalue weighted by molar-refractivity contribution is 5.74. The highest BCUT2D eigenvalue weighted by Gasteiger charge is 2.50. The number of carboxylic acid groups (broad SMARTS) is 1. The first-order chi connectivity index (χ1) is 34.6. The molecule has 0 aliphatic carbocycles. The third kappa shape index (κ3) is 37.6. The zero-order chi connectivity index (χ0) is 51.8. The van der Waals surface area contributed by atoms with Crippen molar-refractivity contribution in [1.29, 1.82) is 0 Å². The van der Waals surface area contributed by atoms with Gasteiger partial charge in [0.2, 0.25) is 0 Å². The van der Waals surface area contributed by atoms with Gasteiger partial charge in [-0.15, -0.1) is 0 Å². The van der Waals surface area contributed by atoms with Gasteiger partial charge in [0, 0.05) is 19.3 Å². The molecule has 0 aromatic carbocycles. The molecule has 12 heteroatoms. The van der Waals surface area contributed by atoms with Crippen molar-refractivity contribution in [2.75, 3.05) is 13.2 Å². The summed E-state index contributed by atoms with van der Waals surface area (Å²) in [6.07, 6.45) is 46.0. The molecule has 1 aliphatic rings. The number of carboxylic acids is 1. The lowest BCUT2D eigenvalue weighted by atomic mass is 9.98. The number of unbranched alkanes of at least 4 members (excludes halogenated alkanes) is 20. The van der Waals surface area contributed by atoms with Crippen molar-refractivity contribution in [2.45, 2.75) is 263 Å². The van der Waals surface area contributed by atoms with E-state index in [0.29, 0.717) is 19.3 Å². The number of allylic oxidation sites excluding steroid dienone is 12. The predicted molar refractivity (Wildman–Crippen MR) is 285 cm³/mol. The maximum atomic E-state index is 13.1. The Morgan fingerprint density at radius 3 is 1.37 bits per heavy atom. The Morgan fingerprint density at radius 1 is 0.479 bits per heavy atom. The van der Waals surface area contributed by atoms with Gasteiger partial charge < -0.3 is 39.0 Å². The van der Waals surface area contributed by atoms with E-state index in [1.807, 2.05) is 0 Å². The lowest BCUT2D eigenvalue weighted by molar-refractivity contribution is -0.301. The third-order valence-corrected chi connectivity index (χ3v) is 12.3. The Kier molecular flexibility index (Phi) is 43.3. The fourth-order valence-electron chi connectivity index (χ4n) is 8.04. The molecule has 6 atom stereocenters. The molecule has 0 saturated carbocycles. The summed E-state index contributed by atoms with van der Waals surface area (Å²) in [5.74, 6) is -3.18. The molecule has 0 spiro atoms. The predicted octanol–water partition coefficient (Wildman–Crippen LogP) is 13.8. The van der Waals surface area contributed by atoms with Crippen LogP contribution in [0.15, 0.2) is 72.9 Å². The molecule has 0 radical (unpaired) electrons. The van der Waals surface area contributed by atoms with Crippen LogP contribution < -0.4 is 0 Å². The standard InChI is InChI=1S/C59H98O12/c1-4-7-10-13-16-19-22-25-26-29-30-33-36-39-42-45-51(60)67-48-50(69-52(61)46-43-40-37-34-31-27-23-20-17-14-11-8-5-2)49-68-59-57(55(64)54(63)56(71-59)58(65)66)70-53(62)47-44-41-38-35-32-28-24-21-18-15-12-9-6-3/h7,9-10,12,16,18-19,21,25-26,28,32,50,54-57,59,63-64H,4-6,8,11,13-15,17,20,22-24,27,29-31,33-49H2,1-3H3,(H,65,66)/b10-7-,12-9-,19-16-,21-18-,26-25-,32-28-. The van der Waals surface area contributed by atoms with Gasteiger partial charge in [-0.3, -0.25) is 14.4 Å². The van der Waals surface area contributed by atoms with E-state index in [0.717, 1.165) is 109 Å². The maximum Gasteiger partial charge on any atom is 0.335 e. The summed E-state index contributed by atoms with van der Waals surface area (Å²) in [6.45, 7) is 5.72. The summed E-state index contributed by atoms with van der Waals surface area (Å²) >= 11 is 0. The highest BCUT2D eigenvalue weighted by atomic mass is 16.7. The summed E-state index contributed by atoms with van der Waals surface area (Å²) in [5, 5.41) is 31.4. The Hall–Kier alpha value is -3.84. The molecule has 1 fully saturated rings. The number of aliphatic hydroxyl groups excluding tert-OH is 2. The summed E-state index contributed by atoms with van der Waals surface area (Å²) in [4.78, 5) is 51.0. The first-order valence-electron chi connectivity index (χ1n) is 27.9. The van der Waals surface area contributed by atoms with E-state index in [1.165, 1.54) is 57.8 Å². The van der Waals surface area contributed by atoms with Crippen LogP contribution in [0.1, 0.15) is 226 Å². The van der Waals surface area contributed by atoms with Crippen LogP contribution in [0.3, 0.4) is 0 Å². The molecular weight excluding hydrogens is 901 g/mol. The smallest absolute Gasteiger partial charge is 0.335 e. The summed E-state index contributed by atoms with van der Waals surface area (Å²) in [7, 11) is 0. The zero-order valence-electron chi connectivity index (χ0n) is 44.4.